The van der Waals surface area contributed by atoms with Gasteiger partial charge in [-0.2, -0.15) is 0 Å². The van der Waals surface area contributed by atoms with Crippen LogP contribution in [-0.4, -0.2) is 25.5 Å². The normalized spacial score (nSPS) is 15.2. The Bertz CT molecular complexity index is 114. The second-order valence-corrected chi connectivity index (χ2v) is 3.87. The molecule has 0 rings (SSSR count). The maximum atomic E-state index is 2.30. The van der Waals surface area contributed by atoms with Crippen LogP contribution < -0.4 is 0 Å². The summed E-state index contributed by atoms with van der Waals surface area (Å²) in [7, 11) is 4.22. The third-order valence-electron chi connectivity index (χ3n) is 1.48. The molecule has 0 amide bonds. The fourth-order valence-corrected chi connectivity index (χ4v) is 1.05. The summed E-state index contributed by atoms with van der Waals surface area (Å²) in [6.07, 6.45) is 4.57. The highest BCUT2D eigenvalue weighted by Gasteiger charge is 1.97. The van der Waals surface area contributed by atoms with Crippen LogP contribution in [0.3, 0.4) is 0 Å². The van der Waals surface area contributed by atoms with E-state index >= 15 is 0 Å². The summed E-state index contributed by atoms with van der Waals surface area (Å²) >= 11 is 0. The van der Waals surface area contributed by atoms with Crippen molar-refractivity contribution in [2.45, 2.75) is 20.8 Å². The first-order valence-corrected chi connectivity index (χ1v) is 4.35. The molecule has 0 saturated heterocycles. The first-order valence-electron chi connectivity index (χ1n) is 4.35. The SMILES string of the molecule is CC(C)/C=C\[C@H](C)CN(C)C. The Morgan fingerprint density at radius 3 is 2.00 bits per heavy atom. The van der Waals surface area contributed by atoms with E-state index < -0.39 is 0 Å². The molecule has 11 heavy (non-hydrogen) atoms. The van der Waals surface area contributed by atoms with Crippen LogP contribution in [0.2, 0.25) is 0 Å². The molecule has 66 valence electrons. The molecule has 0 aromatic rings. The molecule has 0 fully saturated rings. The van der Waals surface area contributed by atoms with Crippen LogP contribution in [0, 0.1) is 11.8 Å². The number of allylic oxidation sites excluding steroid dienone is 1. The van der Waals surface area contributed by atoms with Crippen molar-refractivity contribution >= 4 is 0 Å². The van der Waals surface area contributed by atoms with E-state index in [1.54, 1.807) is 0 Å². The second-order valence-electron chi connectivity index (χ2n) is 3.87. The predicted octanol–water partition coefficient (Wildman–Crippen LogP) is 2.40. The number of hydrogen-bond acceptors (Lipinski definition) is 1. The minimum absolute atomic E-state index is 0.674. The maximum Gasteiger partial charge on any atom is 0.00356 e. The van der Waals surface area contributed by atoms with E-state index in [0.717, 1.165) is 6.54 Å². The molecule has 1 atom stereocenters. The third-order valence-corrected chi connectivity index (χ3v) is 1.48. The van der Waals surface area contributed by atoms with Gasteiger partial charge in [-0.1, -0.05) is 32.9 Å². The van der Waals surface area contributed by atoms with Crippen LogP contribution in [0.15, 0.2) is 12.2 Å². The van der Waals surface area contributed by atoms with Gasteiger partial charge in [-0.05, 0) is 25.9 Å². The van der Waals surface area contributed by atoms with E-state index in [1.165, 1.54) is 0 Å². The Balaban J connectivity index is 3.59. The summed E-state index contributed by atoms with van der Waals surface area (Å²) in [5.74, 6) is 1.35. The highest BCUT2D eigenvalue weighted by Crippen LogP contribution is 2.02. The van der Waals surface area contributed by atoms with Crippen LogP contribution in [0.5, 0.6) is 0 Å². The zero-order valence-electron chi connectivity index (χ0n) is 8.46. The predicted molar refractivity (Wildman–Crippen MR) is 51.7 cm³/mol. The van der Waals surface area contributed by atoms with Gasteiger partial charge in [0.2, 0.25) is 0 Å². The first-order chi connectivity index (χ1) is 5.02. The zero-order valence-corrected chi connectivity index (χ0v) is 8.46. The molecule has 0 bridgehead atoms. The van der Waals surface area contributed by atoms with E-state index in [9.17, 15) is 0 Å². The van der Waals surface area contributed by atoms with Crippen molar-refractivity contribution in [1.29, 1.82) is 0 Å². The van der Waals surface area contributed by atoms with Gasteiger partial charge >= 0.3 is 0 Å². The molecule has 0 aliphatic carbocycles. The lowest BCUT2D eigenvalue weighted by atomic mass is 10.1. The summed E-state index contributed by atoms with van der Waals surface area (Å²) in [5.41, 5.74) is 0. The van der Waals surface area contributed by atoms with Gasteiger partial charge in [0, 0.05) is 6.54 Å². The summed E-state index contributed by atoms with van der Waals surface area (Å²) in [6.45, 7) is 7.81. The van der Waals surface area contributed by atoms with Gasteiger partial charge in [0.1, 0.15) is 0 Å². The van der Waals surface area contributed by atoms with E-state index in [4.69, 9.17) is 0 Å². The lowest BCUT2D eigenvalue weighted by Crippen LogP contribution is -2.18. The summed E-state index contributed by atoms with van der Waals surface area (Å²) in [5, 5.41) is 0. The number of hydrogen-bond donors (Lipinski definition) is 0. The number of rotatable bonds is 4. The highest BCUT2D eigenvalue weighted by atomic mass is 15.0. The Kier molecular flexibility index (Phi) is 5.22. The van der Waals surface area contributed by atoms with Crippen LogP contribution in [-0.2, 0) is 0 Å². The van der Waals surface area contributed by atoms with Gasteiger partial charge in [-0.15, -0.1) is 0 Å². The minimum atomic E-state index is 0.674. The Morgan fingerprint density at radius 2 is 1.64 bits per heavy atom. The topological polar surface area (TPSA) is 3.24 Å². The highest BCUT2D eigenvalue weighted by molar-refractivity contribution is 4.89. The van der Waals surface area contributed by atoms with Gasteiger partial charge in [-0.3, -0.25) is 0 Å². The van der Waals surface area contributed by atoms with E-state index in [2.05, 4.69) is 51.9 Å². The molecule has 1 heteroatoms. The van der Waals surface area contributed by atoms with Crippen molar-refractivity contribution in [2.75, 3.05) is 20.6 Å². The van der Waals surface area contributed by atoms with E-state index in [1.807, 2.05) is 0 Å². The summed E-state index contributed by atoms with van der Waals surface area (Å²) < 4.78 is 0. The van der Waals surface area contributed by atoms with Crippen LogP contribution >= 0.6 is 0 Å². The Labute approximate surface area is 71.1 Å². The zero-order chi connectivity index (χ0) is 8.85. The lowest BCUT2D eigenvalue weighted by molar-refractivity contribution is 0.370. The molecule has 1 nitrogen and oxygen atoms in total. The molecule has 0 aliphatic heterocycles. The van der Waals surface area contributed by atoms with Gasteiger partial charge in [-0.25, -0.2) is 0 Å². The summed E-state index contributed by atoms with van der Waals surface area (Å²) in [6, 6.07) is 0. The molecule has 0 saturated carbocycles. The molecule has 0 aliphatic rings. The fourth-order valence-electron chi connectivity index (χ4n) is 1.05. The molecule has 0 unspecified atom stereocenters. The molecule has 0 aromatic carbocycles. The Morgan fingerprint density at radius 1 is 1.09 bits per heavy atom. The molecular formula is C10H21N. The quantitative estimate of drug-likeness (QED) is 0.563. The second kappa shape index (κ2) is 5.36. The smallest absolute Gasteiger partial charge is 0.00356 e. The monoisotopic (exact) mass is 155 g/mol. The summed E-state index contributed by atoms with van der Waals surface area (Å²) in [4.78, 5) is 2.22. The van der Waals surface area contributed by atoms with Crippen molar-refractivity contribution in [3.8, 4) is 0 Å². The van der Waals surface area contributed by atoms with Gasteiger partial charge in [0.25, 0.3) is 0 Å². The van der Waals surface area contributed by atoms with Crippen molar-refractivity contribution in [1.82, 2.24) is 4.90 Å². The molecule has 0 N–H and O–H groups in total. The molecular weight excluding hydrogens is 134 g/mol. The van der Waals surface area contributed by atoms with Crippen molar-refractivity contribution in [2.24, 2.45) is 11.8 Å². The van der Waals surface area contributed by atoms with Gasteiger partial charge < -0.3 is 4.90 Å². The minimum Gasteiger partial charge on any atom is -0.309 e. The first kappa shape index (κ1) is 10.7. The van der Waals surface area contributed by atoms with Gasteiger partial charge in [0.05, 0.1) is 0 Å². The average Bonchev–Trinajstić information content (AvgIpc) is 1.82. The molecule has 0 radical (unpaired) electrons. The molecule has 0 aromatic heterocycles. The lowest BCUT2D eigenvalue weighted by Gasteiger charge is -2.13. The molecule has 0 spiro atoms. The Hall–Kier alpha value is -0.300. The van der Waals surface area contributed by atoms with Crippen molar-refractivity contribution in [3.63, 3.8) is 0 Å². The molecule has 0 heterocycles. The largest absolute Gasteiger partial charge is 0.309 e. The fraction of sp³-hybridized carbons (Fsp3) is 0.800. The number of nitrogens with zero attached hydrogens (tertiary/aromatic N) is 1. The van der Waals surface area contributed by atoms with Crippen LogP contribution in [0.25, 0.3) is 0 Å². The average molecular weight is 155 g/mol. The van der Waals surface area contributed by atoms with Crippen LogP contribution in [0.4, 0.5) is 0 Å². The standard InChI is InChI=1S/C10H21N/c1-9(2)6-7-10(3)8-11(4)5/h6-7,9-10H,8H2,1-5H3/b7-6-/t10-/m0/s1. The van der Waals surface area contributed by atoms with Gasteiger partial charge in [0.15, 0.2) is 0 Å². The van der Waals surface area contributed by atoms with E-state index in [0.29, 0.717) is 11.8 Å². The van der Waals surface area contributed by atoms with Crippen molar-refractivity contribution < 1.29 is 0 Å². The third kappa shape index (κ3) is 7.60. The van der Waals surface area contributed by atoms with E-state index in [-0.39, 0.29) is 0 Å². The van der Waals surface area contributed by atoms with Crippen LogP contribution in [0.1, 0.15) is 20.8 Å². The maximum absolute atomic E-state index is 2.30. The van der Waals surface area contributed by atoms with Crippen molar-refractivity contribution in [3.05, 3.63) is 12.2 Å².